The maximum Gasteiger partial charge on any atom is 0.315 e. The molecule has 2 amide bonds. The SMILES string of the molecule is CCC(C(=O)[C@@H](C)[C@@H](O)C1(C)C[C@]12O[C@@H]([C@@H](CC)C(=O)O)CC[C@@H]2C)[C@H]1O[C@]2(C=CC(NC(=O)NC3CCCC3)[C@]3(CC[C@@](C)([C@H]4CC[C@](O)(CC)[C@H](C)O4)O3)O2)[C@H](C)C[C@@H]1C. The minimum absolute atomic E-state index is 0.00799. The largest absolute Gasteiger partial charge is 0.481 e. The first-order valence-electron chi connectivity index (χ1n) is 24.5. The van der Waals surface area contributed by atoms with Gasteiger partial charge in [-0.2, -0.15) is 0 Å². The van der Waals surface area contributed by atoms with Crippen LogP contribution in [0.3, 0.4) is 0 Å². The van der Waals surface area contributed by atoms with E-state index in [1.807, 2.05) is 60.6 Å². The molecule has 5 heterocycles. The molecule has 5 N–H and O–H groups in total. The van der Waals surface area contributed by atoms with Crippen LogP contribution in [0, 0.1) is 40.9 Å². The van der Waals surface area contributed by atoms with E-state index in [0.29, 0.717) is 64.2 Å². The number of hydrogen-bond acceptors (Lipinski definition) is 10. The highest BCUT2D eigenvalue weighted by Gasteiger charge is 2.74. The number of aliphatic hydroxyl groups excluding tert-OH is 1. The van der Waals surface area contributed by atoms with E-state index in [1.54, 1.807) is 0 Å². The molecule has 0 bridgehead atoms. The molecule has 2 saturated carbocycles. The number of nitrogens with one attached hydrogen (secondary N) is 2. The van der Waals surface area contributed by atoms with Crippen molar-refractivity contribution < 1.29 is 53.4 Å². The van der Waals surface area contributed by atoms with Gasteiger partial charge in [-0.3, -0.25) is 9.59 Å². The second kappa shape index (κ2) is 17.6. The zero-order valence-electron chi connectivity index (χ0n) is 39.4. The van der Waals surface area contributed by atoms with E-state index >= 15 is 0 Å². The van der Waals surface area contributed by atoms with Gasteiger partial charge < -0.3 is 49.6 Å². The Bertz CT molecular complexity index is 1690. The van der Waals surface area contributed by atoms with E-state index in [0.717, 1.165) is 32.1 Å². The molecule has 62 heavy (non-hydrogen) atoms. The summed E-state index contributed by atoms with van der Waals surface area (Å²) in [5, 5.41) is 39.7. The summed E-state index contributed by atoms with van der Waals surface area (Å²) in [6.07, 6.45) is 11.9. The quantitative estimate of drug-likeness (QED) is 0.115. The number of carbonyl (C=O) groups is 3. The Morgan fingerprint density at radius 3 is 2.18 bits per heavy atom. The van der Waals surface area contributed by atoms with Crippen LogP contribution in [-0.2, 0) is 33.3 Å². The molecule has 3 spiro atoms. The van der Waals surface area contributed by atoms with Crippen LogP contribution in [0.5, 0.6) is 0 Å². The van der Waals surface area contributed by atoms with Gasteiger partial charge in [0.05, 0.1) is 53.2 Å². The van der Waals surface area contributed by atoms with E-state index in [4.69, 9.17) is 23.7 Å². The second-order valence-electron chi connectivity index (χ2n) is 21.6. The van der Waals surface area contributed by atoms with Gasteiger partial charge in [-0.05, 0) is 109 Å². The summed E-state index contributed by atoms with van der Waals surface area (Å²) in [5.41, 5.74) is -3.08. The topological polar surface area (TPSA) is 182 Å². The van der Waals surface area contributed by atoms with Crippen LogP contribution in [0.1, 0.15) is 166 Å². The van der Waals surface area contributed by atoms with Crippen LogP contribution in [0.4, 0.5) is 4.79 Å². The Balaban J connectivity index is 1.12. The summed E-state index contributed by atoms with van der Waals surface area (Å²) in [5.74, 6) is -5.43. The third kappa shape index (κ3) is 8.22. The van der Waals surface area contributed by atoms with Crippen LogP contribution in [-0.4, -0.2) is 104 Å². The monoisotopic (exact) mass is 873 g/mol. The highest BCUT2D eigenvalue weighted by molar-refractivity contribution is 5.84. The van der Waals surface area contributed by atoms with Crippen molar-refractivity contribution in [3.05, 3.63) is 12.2 Å². The minimum Gasteiger partial charge on any atom is -0.481 e. The maximum absolute atomic E-state index is 14.8. The molecular formula is C49H80N2O11. The van der Waals surface area contributed by atoms with Gasteiger partial charge in [0.1, 0.15) is 11.8 Å². The average molecular weight is 873 g/mol. The van der Waals surface area contributed by atoms with E-state index < -0.39 is 81.9 Å². The maximum atomic E-state index is 14.8. The molecule has 18 atom stereocenters. The van der Waals surface area contributed by atoms with Crippen LogP contribution in [0.15, 0.2) is 12.2 Å². The highest BCUT2D eigenvalue weighted by atomic mass is 16.8. The van der Waals surface area contributed by atoms with Gasteiger partial charge in [-0.25, -0.2) is 4.79 Å². The first kappa shape index (κ1) is 47.8. The molecule has 352 valence electrons. The molecule has 0 radical (unpaired) electrons. The van der Waals surface area contributed by atoms with Crippen LogP contribution >= 0.6 is 0 Å². The third-order valence-electron chi connectivity index (χ3n) is 17.7. The van der Waals surface area contributed by atoms with Crippen LogP contribution < -0.4 is 10.6 Å². The fourth-order valence-electron chi connectivity index (χ4n) is 13.2. The lowest BCUT2D eigenvalue weighted by atomic mass is 9.72. The number of Topliss-reactive ketones (excluding diaryl/α,β-unsaturated/α-hetero) is 1. The molecule has 7 rings (SSSR count). The Labute approximate surface area is 370 Å². The van der Waals surface area contributed by atoms with Gasteiger partial charge in [0.25, 0.3) is 0 Å². The normalized spacial score (nSPS) is 46.4. The molecule has 6 fully saturated rings. The molecule has 4 saturated heterocycles. The molecule has 3 unspecified atom stereocenters. The number of aliphatic carboxylic acids is 1. The summed E-state index contributed by atoms with van der Waals surface area (Å²) in [6, 6.07) is -0.790. The lowest BCUT2D eigenvalue weighted by molar-refractivity contribution is -0.397. The van der Waals surface area contributed by atoms with Crippen molar-refractivity contribution in [3.8, 4) is 0 Å². The van der Waals surface area contributed by atoms with Gasteiger partial charge in [0, 0.05) is 35.6 Å². The fraction of sp³-hybridized carbons (Fsp3) is 0.898. The molecule has 2 aliphatic carbocycles. The lowest BCUT2D eigenvalue weighted by Gasteiger charge is -2.55. The molecule has 13 nitrogen and oxygen atoms in total. The second-order valence-corrected chi connectivity index (χ2v) is 21.6. The molecule has 0 aromatic rings. The van der Waals surface area contributed by atoms with Crippen molar-refractivity contribution in [3.63, 3.8) is 0 Å². The Kier molecular flexibility index (Phi) is 13.6. The third-order valence-corrected chi connectivity index (χ3v) is 17.7. The molecule has 13 heteroatoms. The summed E-state index contributed by atoms with van der Waals surface area (Å²) in [6.45, 7) is 20.0. The van der Waals surface area contributed by atoms with Crippen LogP contribution in [0.25, 0.3) is 0 Å². The molecule has 7 aliphatic rings. The van der Waals surface area contributed by atoms with Gasteiger partial charge in [0.15, 0.2) is 11.6 Å². The van der Waals surface area contributed by atoms with Crippen molar-refractivity contribution in [2.45, 2.75) is 237 Å². The van der Waals surface area contributed by atoms with Crippen molar-refractivity contribution in [1.82, 2.24) is 10.6 Å². The van der Waals surface area contributed by atoms with E-state index in [2.05, 4.69) is 31.4 Å². The summed E-state index contributed by atoms with van der Waals surface area (Å²) >= 11 is 0. The zero-order chi connectivity index (χ0) is 45.2. The first-order valence-corrected chi connectivity index (χ1v) is 24.5. The number of amides is 2. The Hall–Kier alpha value is -2.13. The number of aliphatic hydroxyl groups is 2. The first-order chi connectivity index (χ1) is 29.2. The van der Waals surface area contributed by atoms with Gasteiger partial charge in [-0.15, -0.1) is 0 Å². The number of rotatable bonds is 13. The van der Waals surface area contributed by atoms with Gasteiger partial charge in [0.2, 0.25) is 0 Å². The number of carboxylic acids is 1. The minimum atomic E-state index is -1.31. The van der Waals surface area contributed by atoms with Gasteiger partial charge >= 0.3 is 12.0 Å². The number of hydrogen-bond donors (Lipinski definition) is 5. The van der Waals surface area contributed by atoms with E-state index in [1.165, 1.54) is 0 Å². The van der Waals surface area contributed by atoms with Crippen molar-refractivity contribution in [1.29, 1.82) is 0 Å². The number of carbonyl (C=O) groups excluding carboxylic acids is 2. The fourth-order valence-corrected chi connectivity index (χ4v) is 13.2. The molecule has 5 aliphatic heterocycles. The predicted molar refractivity (Wildman–Crippen MR) is 233 cm³/mol. The Morgan fingerprint density at radius 2 is 1.55 bits per heavy atom. The van der Waals surface area contributed by atoms with Gasteiger partial charge in [-0.1, -0.05) is 74.3 Å². The molecule has 0 aromatic carbocycles. The Morgan fingerprint density at radius 1 is 0.855 bits per heavy atom. The number of ether oxygens (including phenoxy) is 5. The lowest BCUT2D eigenvalue weighted by Crippen LogP contribution is -2.66. The van der Waals surface area contributed by atoms with Crippen molar-refractivity contribution in [2.24, 2.45) is 40.9 Å². The number of ketones is 1. The summed E-state index contributed by atoms with van der Waals surface area (Å²) < 4.78 is 35.0. The predicted octanol–water partition coefficient (Wildman–Crippen LogP) is 7.58. The van der Waals surface area contributed by atoms with E-state index in [-0.39, 0.29) is 47.8 Å². The smallest absolute Gasteiger partial charge is 0.315 e. The standard InChI is InChI=1S/C49H80N2O11/c1-11-34(42(54)55)36-19-18-29(5)47(59-36)27-44(47,9)41(53)31(7)39(52)35(12-2)40-28(4)26-30(6)48(60-40)23-20-37(51-43(56)50-33-16-14-15-17-33)49(62-48)25-24-45(10,61-49)38-21-22-46(57,13-3)32(8)58-38/h20,23,28-38,40-41,53,57H,11-19,21-22,24-27H2,1-10H3,(H,54,55)(H2,50,51,56)/t28-,29-,30+,31+,32-,34+,35?,36+,37?,38+,40-,41+,44?,45-,46+,47+,48-,49-/m0/s1. The number of urea groups is 1. The van der Waals surface area contributed by atoms with Crippen molar-refractivity contribution in [2.75, 3.05) is 0 Å². The molecule has 0 aromatic heterocycles. The van der Waals surface area contributed by atoms with Crippen LogP contribution in [0.2, 0.25) is 0 Å². The molecular weight excluding hydrogens is 793 g/mol. The summed E-state index contributed by atoms with van der Waals surface area (Å²) in [4.78, 5) is 40.6. The zero-order valence-corrected chi connectivity index (χ0v) is 39.4. The van der Waals surface area contributed by atoms with Crippen molar-refractivity contribution >= 4 is 17.8 Å². The summed E-state index contributed by atoms with van der Waals surface area (Å²) in [7, 11) is 0. The number of carboxylic acid groups (broad SMARTS) is 1. The highest BCUT2D eigenvalue weighted by Crippen LogP contribution is 2.68. The van der Waals surface area contributed by atoms with E-state index in [9.17, 15) is 29.7 Å². The average Bonchev–Trinajstić information content (AvgIpc) is 3.49.